The van der Waals surface area contributed by atoms with E-state index in [1.54, 1.807) is 12.3 Å². The topological polar surface area (TPSA) is 66.0 Å². The highest BCUT2D eigenvalue weighted by Crippen LogP contribution is 2.18. The number of anilines is 1. The van der Waals surface area contributed by atoms with Crippen molar-refractivity contribution in [3.8, 4) is 0 Å². The Balaban J connectivity index is 2.24. The van der Waals surface area contributed by atoms with Crippen molar-refractivity contribution in [2.45, 2.75) is 26.5 Å². The Morgan fingerprint density at radius 1 is 1.53 bits per heavy atom. The van der Waals surface area contributed by atoms with Gasteiger partial charge in [-0.05, 0) is 19.9 Å². The molecule has 0 saturated carbocycles. The first-order valence-corrected chi connectivity index (χ1v) is 5.84. The third-order valence-corrected chi connectivity index (χ3v) is 2.55. The van der Waals surface area contributed by atoms with Gasteiger partial charge in [-0.1, -0.05) is 11.6 Å². The number of aromatic nitrogens is 3. The lowest BCUT2D eigenvalue weighted by Crippen LogP contribution is -2.12. The minimum absolute atomic E-state index is 0.202. The molecule has 5 nitrogen and oxygen atoms in total. The van der Waals surface area contributed by atoms with E-state index in [2.05, 4.69) is 9.97 Å². The number of fused-ring (bicyclic) bond motifs is 1. The second-order valence-electron chi connectivity index (χ2n) is 4.04. The van der Waals surface area contributed by atoms with Gasteiger partial charge in [-0.15, -0.1) is 0 Å². The summed E-state index contributed by atoms with van der Waals surface area (Å²) in [6.45, 7) is 5.20. The van der Waals surface area contributed by atoms with Gasteiger partial charge in [-0.2, -0.15) is 0 Å². The van der Waals surface area contributed by atoms with Crippen molar-refractivity contribution in [1.29, 1.82) is 0 Å². The number of hydrogen-bond donors (Lipinski definition) is 1. The number of imidazole rings is 1. The van der Waals surface area contributed by atoms with Crippen LogP contribution in [-0.4, -0.2) is 27.2 Å². The van der Waals surface area contributed by atoms with Crippen LogP contribution in [0.5, 0.6) is 0 Å². The molecule has 0 bridgehead atoms. The molecule has 0 radical (unpaired) electrons. The summed E-state index contributed by atoms with van der Waals surface area (Å²) >= 11 is 5.85. The monoisotopic (exact) mass is 254 g/mol. The summed E-state index contributed by atoms with van der Waals surface area (Å²) in [7, 11) is 0. The zero-order valence-electron chi connectivity index (χ0n) is 9.85. The number of halogens is 1. The fourth-order valence-electron chi connectivity index (χ4n) is 1.60. The molecule has 92 valence electrons. The predicted octanol–water partition coefficient (Wildman–Crippen LogP) is 2.09. The van der Waals surface area contributed by atoms with Crippen LogP contribution >= 0.6 is 11.6 Å². The van der Waals surface area contributed by atoms with Crippen LogP contribution in [0, 0.1) is 0 Å². The second-order valence-corrected chi connectivity index (χ2v) is 4.47. The van der Waals surface area contributed by atoms with Crippen LogP contribution in [0.25, 0.3) is 11.2 Å². The van der Waals surface area contributed by atoms with Crippen molar-refractivity contribution < 1.29 is 4.74 Å². The Morgan fingerprint density at radius 3 is 3.00 bits per heavy atom. The van der Waals surface area contributed by atoms with Crippen LogP contribution in [-0.2, 0) is 11.3 Å². The number of ether oxygens (including phenoxy) is 1. The molecule has 2 rings (SSSR count). The summed E-state index contributed by atoms with van der Waals surface area (Å²) in [5, 5.41) is 0.556. The van der Waals surface area contributed by atoms with Crippen LogP contribution in [0.2, 0.25) is 5.02 Å². The number of hydrogen-bond acceptors (Lipinski definition) is 4. The maximum absolute atomic E-state index is 5.85. The molecule has 0 aliphatic carbocycles. The highest BCUT2D eigenvalue weighted by molar-refractivity contribution is 6.31. The van der Waals surface area contributed by atoms with Gasteiger partial charge in [-0.3, -0.25) is 4.57 Å². The maximum Gasteiger partial charge on any atom is 0.202 e. The minimum atomic E-state index is 0.202. The van der Waals surface area contributed by atoms with E-state index in [0.717, 1.165) is 5.65 Å². The fraction of sp³-hybridized carbons (Fsp3) is 0.455. The smallest absolute Gasteiger partial charge is 0.202 e. The first-order chi connectivity index (χ1) is 8.08. The molecule has 0 atom stereocenters. The quantitative estimate of drug-likeness (QED) is 0.907. The molecule has 2 N–H and O–H groups in total. The highest BCUT2D eigenvalue weighted by Gasteiger charge is 2.09. The summed E-state index contributed by atoms with van der Waals surface area (Å²) in [5.74, 6) is 0.433. The van der Waals surface area contributed by atoms with Gasteiger partial charge in [0, 0.05) is 6.20 Å². The Kier molecular flexibility index (Phi) is 3.49. The molecular weight excluding hydrogens is 240 g/mol. The molecule has 0 unspecified atom stereocenters. The molecular formula is C11H15ClN4O. The van der Waals surface area contributed by atoms with Gasteiger partial charge in [0.25, 0.3) is 0 Å². The van der Waals surface area contributed by atoms with Crippen LogP contribution < -0.4 is 5.73 Å². The third-order valence-electron chi connectivity index (χ3n) is 2.35. The van der Waals surface area contributed by atoms with Crippen LogP contribution in [0.1, 0.15) is 13.8 Å². The van der Waals surface area contributed by atoms with Crippen molar-refractivity contribution >= 4 is 28.7 Å². The van der Waals surface area contributed by atoms with E-state index in [1.807, 2.05) is 18.4 Å². The first-order valence-electron chi connectivity index (χ1n) is 5.47. The van der Waals surface area contributed by atoms with Gasteiger partial charge in [0.2, 0.25) is 5.95 Å². The minimum Gasteiger partial charge on any atom is -0.377 e. The Hall–Kier alpha value is -1.33. The molecule has 2 aromatic heterocycles. The normalized spacial score (nSPS) is 11.5. The van der Waals surface area contributed by atoms with Gasteiger partial charge >= 0.3 is 0 Å². The summed E-state index contributed by atoms with van der Waals surface area (Å²) in [6.07, 6.45) is 1.79. The van der Waals surface area contributed by atoms with Gasteiger partial charge in [0.1, 0.15) is 5.52 Å². The van der Waals surface area contributed by atoms with Crippen LogP contribution in [0.3, 0.4) is 0 Å². The zero-order chi connectivity index (χ0) is 12.4. The van der Waals surface area contributed by atoms with Crippen LogP contribution in [0.15, 0.2) is 12.3 Å². The summed E-state index contributed by atoms with van der Waals surface area (Å²) in [4.78, 5) is 8.44. The number of nitrogen functional groups attached to an aromatic ring is 1. The SMILES string of the molecule is CC(C)OCCn1c(N)nc2cc(Cl)cnc21. The van der Waals surface area contributed by atoms with E-state index in [4.69, 9.17) is 22.1 Å². The molecule has 0 saturated heterocycles. The molecule has 0 spiro atoms. The summed E-state index contributed by atoms with van der Waals surface area (Å²) in [6, 6.07) is 1.75. The predicted molar refractivity (Wildman–Crippen MR) is 68.0 cm³/mol. The highest BCUT2D eigenvalue weighted by atomic mass is 35.5. The average molecular weight is 255 g/mol. The van der Waals surface area contributed by atoms with E-state index in [9.17, 15) is 0 Å². The van der Waals surface area contributed by atoms with Crippen molar-refractivity contribution in [2.24, 2.45) is 0 Å². The average Bonchev–Trinajstić information content (AvgIpc) is 2.54. The number of rotatable bonds is 4. The van der Waals surface area contributed by atoms with Gasteiger partial charge in [0.15, 0.2) is 5.65 Å². The van der Waals surface area contributed by atoms with E-state index in [1.165, 1.54) is 0 Å². The van der Waals surface area contributed by atoms with Crippen molar-refractivity contribution in [3.05, 3.63) is 17.3 Å². The lowest BCUT2D eigenvalue weighted by molar-refractivity contribution is 0.0735. The van der Waals surface area contributed by atoms with Crippen molar-refractivity contribution in [1.82, 2.24) is 14.5 Å². The molecule has 0 fully saturated rings. The fourth-order valence-corrected chi connectivity index (χ4v) is 1.76. The maximum atomic E-state index is 5.85. The van der Waals surface area contributed by atoms with Gasteiger partial charge in [0.05, 0.1) is 24.3 Å². The first kappa shape index (κ1) is 12.1. The van der Waals surface area contributed by atoms with E-state index in [0.29, 0.717) is 29.6 Å². The lowest BCUT2D eigenvalue weighted by atomic mass is 10.4. The van der Waals surface area contributed by atoms with Crippen LogP contribution in [0.4, 0.5) is 5.95 Å². The van der Waals surface area contributed by atoms with Crippen molar-refractivity contribution in [2.75, 3.05) is 12.3 Å². The lowest BCUT2D eigenvalue weighted by Gasteiger charge is -2.09. The number of nitrogens with zero attached hydrogens (tertiary/aromatic N) is 3. The second kappa shape index (κ2) is 4.89. The van der Waals surface area contributed by atoms with E-state index < -0.39 is 0 Å². The molecule has 0 aliphatic heterocycles. The third kappa shape index (κ3) is 2.68. The molecule has 2 heterocycles. The molecule has 2 aromatic rings. The van der Waals surface area contributed by atoms with Gasteiger partial charge in [-0.25, -0.2) is 9.97 Å². The molecule has 0 amide bonds. The zero-order valence-corrected chi connectivity index (χ0v) is 10.6. The number of pyridine rings is 1. The Bertz CT molecular complexity index is 523. The standard InChI is InChI=1S/C11H15ClN4O/c1-7(2)17-4-3-16-10-9(15-11(16)13)5-8(12)6-14-10/h5-7H,3-4H2,1-2H3,(H2,13,15). The molecule has 6 heteroatoms. The number of nitrogens with two attached hydrogens (primary N) is 1. The largest absolute Gasteiger partial charge is 0.377 e. The molecule has 0 aromatic carbocycles. The van der Waals surface area contributed by atoms with Gasteiger partial charge < -0.3 is 10.5 Å². The summed E-state index contributed by atoms with van der Waals surface area (Å²) in [5.41, 5.74) is 7.28. The van der Waals surface area contributed by atoms with E-state index >= 15 is 0 Å². The summed E-state index contributed by atoms with van der Waals surface area (Å²) < 4.78 is 7.31. The Morgan fingerprint density at radius 2 is 2.29 bits per heavy atom. The molecule has 0 aliphatic rings. The van der Waals surface area contributed by atoms with Crippen molar-refractivity contribution in [3.63, 3.8) is 0 Å². The Labute approximate surface area is 105 Å². The van der Waals surface area contributed by atoms with E-state index in [-0.39, 0.29) is 6.10 Å². The molecule has 17 heavy (non-hydrogen) atoms.